The molecule has 0 saturated heterocycles. The van der Waals surface area contributed by atoms with Gasteiger partial charge in [-0.1, -0.05) is 55.4 Å². The van der Waals surface area contributed by atoms with Crippen molar-refractivity contribution in [2.24, 2.45) is 117 Å². The molecule has 0 spiro atoms. The fourth-order valence-electron chi connectivity index (χ4n) is 21.0. The van der Waals surface area contributed by atoms with Gasteiger partial charge in [-0.3, -0.25) is 19.2 Å². The molecule has 16 fully saturated rings. The number of hydrogen-bond donors (Lipinski definition) is 0. The van der Waals surface area contributed by atoms with E-state index in [9.17, 15) is 38.4 Å². The Morgan fingerprint density at radius 3 is 0.772 bits per heavy atom. The second-order valence-corrected chi connectivity index (χ2v) is 33.6. The fourth-order valence-corrected chi connectivity index (χ4v) is 21.0. The van der Waals surface area contributed by atoms with Gasteiger partial charge in [-0.05, 0) is 303 Å². The lowest BCUT2D eigenvalue weighted by atomic mass is 9.49. The van der Waals surface area contributed by atoms with Crippen molar-refractivity contribution in [3.05, 3.63) is 0 Å². The molecule has 0 radical (unpaired) electrons. The highest BCUT2D eigenvalue weighted by Crippen LogP contribution is 2.64. The average Bonchev–Trinajstić information content (AvgIpc) is 0.761. The molecule has 16 bridgehead atoms. The predicted molar refractivity (Wildman–Crippen MR) is 346 cm³/mol. The van der Waals surface area contributed by atoms with E-state index in [-0.39, 0.29) is 108 Å². The molecule has 92 heavy (non-hydrogen) atoms. The van der Waals surface area contributed by atoms with Gasteiger partial charge in [0.15, 0.2) is 26.4 Å². The molecular formula is C76H120O16. The van der Waals surface area contributed by atoms with Gasteiger partial charge in [0.1, 0.15) is 22.4 Å². The molecule has 16 nitrogen and oxygen atoms in total. The minimum absolute atomic E-state index is 0.162. The van der Waals surface area contributed by atoms with Crippen LogP contribution in [0.25, 0.3) is 0 Å². The number of carbonyl (C=O) groups is 8. The highest BCUT2D eigenvalue weighted by molar-refractivity contribution is 5.81. The van der Waals surface area contributed by atoms with E-state index in [4.69, 9.17) is 37.9 Å². The SMILES string of the molecule is CCC(C)(C)C(=O)OCC(=O)OC1(C)C2CC3CC(C2)CC1C3.CCC(C)(C)C(=O)OCC(=O)OC1(CC)C2CC3CC(C2)CC1C3.CCC(C)C(=O)OCC(=O)OC1(C)C2CC3CC(C2)CC1C3.CCC(C)C(=O)OCC(=O)OC1(CC)C2CC3CC(C2)CC1C3. The van der Waals surface area contributed by atoms with Gasteiger partial charge in [0.05, 0.1) is 22.7 Å². The van der Waals surface area contributed by atoms with Crippen molar-refractivity contribution in [2.45, 2.75) is 286 Å². The van der Waals surface area contributed by atoms with Gasteiger partial charge >= 0.3 is 47.8 Å². The molecule has 2 unspecified atom stereocenters. The number of rotatable bonds is 22. The maximum absolute atomic E-state index is 12.4. The Hall–Kier alpha value is -4.24. The van der Waals surface area contributed by atoms with Crippen molar-refractivity contribution < 1.29 is 76.3 Å². The molecule has 16 aliphatic carbocycles. The molecule has 0 aromatic heterocycles. The van der Waals surface area contributed by atoms with Gasteiger partial charge in [0, 0.05) is 0 Å². The van der Waals surface area contributed by atoms with Crippen LogP contribution in [0.4, 0.5) is 0 Å². The van der Waals surface area contributed by atoms with E-state index in [2.05, 4.69) is 27.7 Å². The van der Waals surface area contributed by atoms with E-state index in [1.165, 1.54) is 128 Å². The van der Waals surface area contributed by atoms with Crippen LogP contribution in [-0.2, 0) is 76.3 Å². The summed E-state index contributed by atoms with van der Waals surface area (Å²) in [5, 5.41) is 0. The molecular weight excluding hydrogens is 1170 g/mol. The molecule has 16 heteroatoms. The van der Waals surface area contributed by atoms with Crippen molar-refractivity contribution in [1.82, 2.24) is 0 Å². The standard InChI is InChI=1S/C20H32O4.2C19H30O4.C18H28O4/c1-5-19(3,4)18(22)23-12-17(21)24-20(6-2)15-8-13-7-14(10-15)11-16(20)9-13;1-5-18(2,3)17(21)22-11-16(20)23-19(4)14-7-12-6-13(9-14)10-15(19)8-12;1-4-12(3)18(21)22-11-17(20)23-19(5-2)15-7-13-6-14(9-15)10-16(19)8-13;1-4-11(2)17(20)21-10-16(19)22-18(3)14-6-12-5-13(8-14)9-15(18)7-12/h13-16H,5-12H2,1-4H3;12-15H,5-11H2,1-4H3;12-16H,4-11H2,1-3H3;11-15H,4-10H2,1-3H3. The first-order valence-electron chi connectivity index (χ1n) is 37.0. The summed E-state index contributed by atoms with van der Waals surface area (Å²) in [4.78, 5) is 96.6. The normalized spacial score (nSPS) is 38.8. The Balaban J connectivity index is 0.000000145. The maximum Gasteiger partial charge on any atom is 0.344 e. The summed E-state index contributed by atoms with van der Waals surface area (Å²) in [5.41, 5.74) is -2.40. The predicted octanol–water partition coefficient (Wildman–Crippen LogP) is 14.9. The first kappa shape index (κ1) is 72.0. The molecule has 0 aromatic rings. The summed E-state index contributed by atoms with van der Waals surface area (Å²) in [7, 11) is 0. The lowest BCUT2D eigenvalue weighted by Gasteiger charge is -2.60. The number of ether oxygens (including phenoxy) is 8. The van der Waals surface area contributed by atoms with E-state index in [1.807, 2.05) is 69.2 Å². The number of esters is 8. The van der Waals surface area contributed by atoms with Gasteiger partial charge in [0.25, 0.3) is 0 Å². The number of carbonyl (C=O) groups excluding carboxylic acids is 8. The molecule has 520 valence electrons. The summed E-state index contributed by atoms with van der Waals surface area (Å²) in [6.07, 6.45) is 29.3. The molecule has 0 heterocycles. The van der Waals surface area contributed by atoms with Crippen LogP contribution in [0.3, 0.4) is 0 Å². The van der Waals surface area contributed by atoms with Crippen LogP contribution in [0.5, 0.6) is 0 Å². The molecule has 0 amide bonds. The summed E-state index contributed by atoms with van der Waals surface area (Å²) >= 11 is 0. The van der Waals surface area contributed by atoms with Crippen LogP contribution in [-0.4, -0.2) is 96.6 Å². The molecule has 0 aliphatic heterocycles. The topological polar surface area (TPSA) is 210 Å². The smallest absolute Gasteiger partial charge is 0.344 e. The summed E-state index contributed by atoms with van der Waals surface area (Å²) in [6.45, 7) is 26.2. The Morgan fingerprint density at radius 1 is 0.337 bits per heavy atom. The first-order valence-corrected chi connectivity index (χ1v) is 37.0. The molecule has 16 rings (SSSR count). The lowest BCUT2D eigenvalue weighted by molar-refractivity contribution is -0.215. The van der Waals surface area contributed by atoms with Gasteiger partial charge in [-0.2, -0.15) is 0 Å². The van der Waals surface area contributed by atoms with E-state index >= 15 is 0 Å². The summed E-state index contributed by atoms with van der Waals surface area (Å²) in [5.74, 6) is 7.66. The average molecular weight is 1290 g/mol. The Bertz CT molecular complexity index is 2520. The molecule has 0 aromatic carbocycles. The number of hydrogen-bond acceptors (Lipinski definition) is 16. The monoisotopic (exact) mass is 1290 g/mol. The molecule has 2 atom stereocenters. The van der Waals surface area contributed by atoms with Crippen molar-refractivity contribution >= 4 is 47.8 Å². The van der Waals surface area contributed by atoms with Crippen LogP contribution in [0.15, 0.2) is 0 Å². The fraction of sp³-hybridized carbons (Fsp3) is 0.895. The third kappa shape index (κ3) is 15.4. The van der Waals surface area contributed by atoms with E-state index < -0.39 is 10.8 Å². The highest BCUT2D eigenvalue weighted by atomic mass is 16.6. The van der Waals surface area contributed by atoms with Gasteiger partial charge in [-0.15, -0.1) is 0 Å². The Labute approximate surface area is 551 Å². The van der Waals surface area contributed by atoms with E-state index in [0.29, 0.717) is 60.2 Å². The van der Waals surface area contributed by atoms with Crippen LogP contribution in [0, 0.1) is 117 Å². The minimum Gasteiger partial charge on any atom is -0.456 e. The van der Waals surface area contributed by atoms with E-state index in [1.54, 1.807) is 0 Å². The zero-order valence-corrected chi connectivity index (χ0v) is 59.1. The van der Waals surface area contributed by atoms with E-state index in [0.717, 1.165) is 73.0 Å². The van der Waals surface area contributed by atoms with Crippen LogP contribution in [0.2, 0.25) is 0 Å². The second kappa shape index (κ2) is 29.2. The van der Waals surface area contributed by atoms with Gasteiger partial charge in [0.2, 0.25) is 0 Å². The zero-order valence-electron chi connectivity index (χ0n) is 59.1. The van der Waals surface area contributed by atoms with Crippen LogP contribution in [0.1, 0.15) is 264 Å². The van der Waals surface area contributed by atoms with Crippen molar-refractivity contribution in [2.75, 3.05) is 26.4 Å². The molecule has 0 N–H and O–H groups in total. The lowest BCUT2D eigenvalue weighted by Crippen LogP contribution is -2.59. The third-order valence-electron chi connectivity index (χ3n) is 27.1. The van der Waals surface area contributed by atoms with Crippen LogP contribution >= 0.6 is 0 Å². The van der Waals surface area contributed by atoms with Gasteiger partial charge < -0.3 is 37.9 Å². The van der Waals surface area contributed by atoms with Crippen molar-refractivity contribution in [3.63, 3.8) is 0 Å². The van der Waals surface area contributed by atoms with Crippen molar-refractivity contribution in [3.8, 4) is 0 Å². The largest absolute Gasteiger partial charge is 0.456 e. The Morgan fingerprint density at radius 2 is 0.554 bits per heavy atom. The molecule has 16 saturated carbocycles. The first-order chi connectivity index (χ1) is 43.4. The highest BCUT2D eigenvalue weighted by Gasteiger charge is 2.62. The Kier molecular flexibility index (Phi) is 22.9. The van der Waals surface area contributed by atoms with Crippen LogP contribution < -0.4 is 0 Å². The maximum atomic E-state index is 12.4. The van der Waals surface area contributed by atoms with Gasteiger partial charge in [-0.25, -0.2) is 19.2 Å². The zero-order chi connectivity index (χ0) is 66.9. The van der Waals surface area contributed by atoms with Crippen molar-refractivity contribution in [1.29, 1.82) is 0 Å². The third-order valence-corrected chi connectivity index (χ3v) is 27.1. The molecule has 16 aliphatic rings. The minimum atomic E-state index is -0.550. The summed E-state index contributed by atoms with van der Waals surface area (Å²) in [6, 6.07) is 0. The quantitative estimate of drug-likeness (QED) is 0.0729. The second-order valence-electron chi connectivity index (χ2n) is 33.6. The summed E-state index contributed by atoms with van der Waals surface area (Å²) < 4.78 is 44.4.